The van der Waals surface area contributed by atoms with Crippen LogP contribution < -0.4 is 34.3 Å². The Morgan fingerprint density at radius 3 is 1.87 bits per heavy atom. The van der Waals surface area contributed by atoms with Crippen LogP contribution in [0.2, 0.25) is 0 Å². The molecule has 0 saturated carbocycles. The maximum atomic E-state index is 13.4. The summed E-state index contributed by atoms with van der Waals surface area (Å²) in [4.78, 5) is 18.0. The number of nitrogens with zero attached hydrogens (tertiary/aromatic N) is 3. The number of carbonyl (C=O) groups excluding carboxylic acids is 1. The molecule has 0 bridgehead atoms. The van der Waals surface area contributed by atoms with Crippen molar-refractivity contribution >= 4 is 17.8 Å². The Hall–Kier alpha value is -4.93. The summed E-state index contributed by atoms with van der Waals surface area (Å²) in [5.41, 5.74) is 2.22. The number of methoxy groups -OCH3 is 5. The van der Waals surface area contributed by atoms with E-state index in [0.29, 0.717) is 47.4 Å². The van der Waals surface area contributed by atoms with Gasteiger partial charge in [0.25, 0.3) is 5.91 Å². The predicted molar refractivity (Wildman–Crippen MR) is 146 cm³/mol. The van der Waals surface area contributed by atoms with Gasteiger partial charge in [0, 0.05) is 18.7 Å². The number of hydrogen-bond donors (Lipinski definition) is 2. The Kier molecular flexibility index (Phi) is 8.72. The molecule has 11 heteroatoms. The highest BCUT2D eigenvalue weighted by molar-refractivity contribution is 5.97. The quantitative estimate of drug-likeness (QED) is 0.274. The molecule has 0 radical (unpaired) electrons. The van der Waals surface area contributed by atoms with Crippen LogP contribution >= 0.6 is 0 Å². The highest BCUT2D eigenvalue weighted by atomic mass is 16.5. The molecule has 0 aliphatic carbocycles. The van der Waals surface area contributed by atoms with Crippen molar-refractivity contribution in [2.45, 2.75) is 13.1 Å². The van der Waals surface area contributed by atoms with E-state index in [9.17, 15) is 4.79 Å². The number of nitrogens with one attached hydrogen (secondary N) is 2. The standard InChI is InChI=1S/C28H31N5O6/c1-35-21-8-6-7-20(15-21)26(34)33-28(30-17-19-10-12-23(37-3)25(14-19)39-5)31-27(32-33)29-16-18-9-11-22(36-2)24(13-18)38-4/h6-15H,16-17H2,1-5H3,(H2,29,30,31,32). The largest absolute Gasteiger partial charge is 0.497 e. The minimum atomic E-state index is -0.365. The molecule has 0 aliphatic heterocycles. The first-order valence-corrected chi connectivity index (χ1v) is 12.0. The second-order valence-electron chi connectivity index (χ2n) is 8.29. The van der Waals surface area contributed by atoms with E-state index < -0.39 is 0 Å². The number of anilines is 2. The molecule has 0 saturated heterocycles. The molecule has 0 spiro atoms. The molecule has 11 nitrogen and oxygen atoms in total. The summed E-state index contributed by atoms with van der Waals surface area (Å²) in [6, 6.07) is 18.0. The lowest BCUT2D eigenvalue weighted by Gasteiger charge is -2.11. The van der Waals surface area contributed by atoms with Gasteiger partial charge in [-0.3, -0.25) is 4.79 Å². The van der Waals surface area contributed by atoms with Crippen molar-refractivity contribution in [1.29, 1.82) is 0 Å². The maximum Gasteiger partial charge on any atom is 0.281 e. The Morgan fingerprint density at radius 1 is 0.718 bits per heavy atom. The summed E-state index contributed by atoms with van der Waals surface area (Å²) < 4.78 is 27.9. The third kappa shape index (κ3) is 6.32. The van der Waals surface area contributed by atoms with Gasteiger partial charge in [-0.1, -0.05) is 18.2 Å². The maximum absolute atomic E-state index is 13.4. The van der Waals surface area contributed by atoms with E-state index in [0.717, 1.165) is 11.1 Å². The van der Waals surface area contributed by atoms with Crippen LogP contribution in [0.15, 0.2) is 60.7 Å². The van der Waals surface area contributed by atoms with E-state index in [4.69, 9.17) is 23.7 Å². The van der Waals surface area contributed by atoms with Crippen LogP contribution in [-0.2, 0) is 13.1 Å². The zero-order valence-electron chi connectivity index (χ0n) is 22.5. The van der Waals surface area contributed by atoms with Crippen LogP contribution in [0, 0.1) is 0 Å². The third-order valence-electron chi connectivity index (χ3n) is 5.91. The molecular weight excluding hydrogens is 502 g/mol. The number of carbonyl (C=O) groups is 1. The molecule has 3 aromatic carbocycles. The number of hydrogen-bond acceptors (Lipinski definition) is 10. The van der Waals surface area contributed by atoms with Gasteiger partial charge in [-0.05, 0) is 53.6 Å². The fourth-order valence-corrected chi connectivity index (χ4v) is 3.86. The third-order valence-corrected chi connectivity index (χ3v) is 5.91. The van der Waals surface area contributed by atoms with Gasteiger partial charge in [-0.15, -0.1) is 5.10 Å². The second-order valence-corrected chi connectivity index (χ2v) is 8.29. The first kappa shape index (κ1) is 27.1. The molecular formula is C28H31N5O6. The fraction of sp³-hybridized carbons (Fsp3) is 0.250. The number of aromatic nitrogens is 3. The summed E-state index contributed by atoms with van der Waals surface area (Å²) in [5.74, 6) is 3.21. The van der Waals surface area contributed by atoms with Gasteiger partial charge in [0.05, 0.1) is 35.5 Å². The van der Waals surface area contributed by atoms with Crippen molar-refractivity contribution in [3.8, 4) is 28.7 Å². The van der Waals surface area contributed by atoms with Gasteiger partial charge in [-0.2, -0.15) is 9.67 Å². The number of rotatable bonds is 12. The van der Waals surface area contributed by atoms with Crippen LogP contribution in [0.5, 0.6) is 28.7 Å². The molecule has 0 fully saturated rings. The van der Waals surface area contributed by atoms with E-state index in [-0.39, 0.29) is 17.8 Å². The van der Waals surface area contributed by atoms with Crippen LogP contribution in [0.4, 0.5) is 11.9 Å². The lowest BCUT2D eigenvalue weighted by molar-refractivity contribution is 0.0947. The lowest BCUT2D eigenvalue weighted by atomic mass is 10.2. The first-order valence-electron chi connectivity index (χ1n) is 12.0. The molecule has 204 valence electrons. The van der Waals surface area contributed by atoms with E-state index >= 15 is 0 Å². The Bertz CT molecular complexity index is 1440. The minimum Gasteiger partial charge on any atom is -0.497 e. The highest BCUT2D eigenvalue weighted by Crippen LogP contribution is 2.29. The topological polar surface area (TPSA) is 118 Å². The van der Waals surface area contributed by atoms with Gasteiger partial charge in [0.1, 0.15) is 5.75 Å². The van der Waals surface area contributed by atoms with Crippen molar-refractivity contribution in [3.63, 3.8) is 0 Å². The average Bonchev–Trinajstić information content (AvgIpc) is 3.41. The first-order chi connectivity index (χ1) is 19.0. The lowest BCUT2D eigenvalue weighted by Crippen LogP contribution is -2.17. The smallest absolute Gasteiger partial charge is 0.281 e. The summed E-state index contributed by atoms with van der Waals surface area (Å²) in [6.07, 6.45) is 0. The summed E-state index contributed by atoms with van der Waals surface area (Å²) in [7, 11) is 7.88. The second kappa shape index (κ2) is 12.5. The van der Waals surface area contributed by atoms with Gasteiger partial charge < -0.3 is 34.3 Å². The van der Waals surface area contributed by atoms with Crippen molar-refractivity contribution in [1.82, 2.24) is 14.8 Å². The zero-order valence-corrected chi connectivity index (χ0v) is 22.5. The molecule has 4 aromatic rings. The van der Waals surface area contributed by atoms with Crippen molar-refractivity contribution < 1.29 is 28.5 Å². The van der Waals surface area contributed by atoms with Gasteiger partial charge in [0.15, 0.2) is 23.0 Å². The normalized spacial score (nSPS) is 10.5. The molecule has 0 amide bonds. The molecule has 0 aliphatic rings. The Labute approximate surface area is 226 Å². The minimum absolute atomic E-state index is 0.271. The van der Waals surface area contributed by atoms with E-state index in [1.165, 1.54) is 4.68 Å². The van der Waals surface area contributed by atoms with Crippen LogP contribution in [-0.4, -0.2) is 56.2 Å². The summed E-state index contributed by atoms with van der Waals surface area (Å²) >= 11 is 0. The van der Waals surface area contributed by atoms with Crippen LogP contribution in [0.3, 0.4) is 0 Å². The number of benzene rings is 3. The summed E-state index contributed by atoms with van der Waals surface area (Å²) in [5, 5.41) is 10.8. The van der Waals surface area contributed by atoms with E-state index in [2.05, 4.69) is 20.7 Å². The molecule has 0 atom stereocenters. The van der Waals surface area contributed by atoms with Crippen molar-refractivity contribution in [3.05, 3.63) is 77.4 Å². The molecule has 0 unspecified atom stereocenters. The zero-order chi connectivity index (χ0) is 27.8. The van der Waals surface area contributed by atoms with Gasteiger partial charge in [-0.25, -0.2) is 0 Å². The highest BCUT2D eigenvalue weighted by Gasteiger charge is 2.19. The number of ether oxygens (including phenoxy) is 5. The van der Waals surface area contributed by atoms with E-state index in [1.54, 1.807) is 59.8 Å². The van der Waals surface area contributed by atoms with Gasteiger partial charge >= 0.3 is 0 Å². The Morgan fingerprint density at radius 2 is 1.31 bits per heavy atom. The Balaban J connectivity index is 1.59. The SMILES string of the molecule is COc1cccc(C(=O)n2nc(NCc3ccc(OC)c(OC)c3)nc2NCc2ccc(OC)c(OC)c2)c1. The average molecular weight is 534 g/mol. The summed E-state index contributed by atoms with van der Waals surface area (Å²) in [6.45, 7) is 0.756. The van der Waals surface area contributed by atoms with Crippen molar-refractivity contribution in [2.75, 3.05) is 46.2 Å². The fourth-order valence-electron chi connectivity index (χ4n) is 3.86. The molecule has 2 N–H and O–H groups in total. The molecule has 1 aromatic heterocycles. The van der Waals surface area contributed by atoms with E-state index in [1.807, 2.05) is 36.4 Å². The van der Waals surface area contributed by atoms with Crippen molar-refractivity contribution in [2.24, 2.45) is 0 Å². The monoisotopic (exact) mass is 533 g/mol. The molecule has 4 rings (SSSR count). The molecule has 1 heterocycles. The van der Waals surface area contributed by atoms with Crippen LogP contribution in [0.1, 0.15) is 21.5 Å². The van der Waals surface area contributed by atoms with Crippen LogP contribution in [0.25, 0.3) is 0 Å². The predicted octanol–water partition coefficient (Wildman–Crippen LogP) is 4.23. The molecule has 39 heavy (non-hydrogen) atoms. The van der Waals surface area contributed by atoms with Gasteiger partial charge in [0.2, 0.25) is 11.9 Å².